The zero-order valence-corrected chi connectivity index (χ0v) is 14.5. The van der Waals surface area contributed by atoms with Crippen molar-refractivity contribution in [2.45, 2.75) is 32.4 Å². The van der Waals surface area contributed by atoms with Gasteiger partial charge in [0.2, 0.25) is 0 Å². The van der Waals surface area contributed by atoms with Crippen molar-refractivity contribution in [2.75, 3.05) is 11.1 Å². The Bertz CT molecular complexity index is 781. The summed E-state index contributed by atoms with van der Waals surface area (Å²) in [6.07, 6.45) is -4.74. The van der Waals surface area contributed by atoms with E-state index < -0.39 is 33.9 Å². The van der Waals surface area contributed by atoms with Gasteiger partial charge in [0.25, 0.3) is 5.91 Å². The van der Waals surface area contributed by atoms with E-state index in [9.17, 15) is 18.0 Å². The Balaban J connectivity index is 2.28. The van der Waals surface area contributed by atoms with E-state index in [-0.39, 0.29) is 11.2 Å². The fraction of sp³-hybridized carbons (Fsp3) is 0.385. The summed E-state index contributed by atoms with van der Waals surface area (Å²) < 4.78 is 37.5. The summed E-state index contributed by atoms with van der Waals surface area (Å²) in [5.74, 6) is -1.17. The van der Waals surface area contributed by atoms with Gasteiger partial charge in [-0.2, -0.15) is 18.3 Å². The van der Waals surface area contributed by atoms with Crippen LogP contribution in [0.1, 0.15) is 42.6 Å². The van der Waals surface area contributed by atoms with Crippen LogP contribution in [0.5, 0.6) is 0 Å². The van der Waals surface area contributed by atoms with Crippen LogP contribution in [0.4, 0.5) is 24.8 Å². The van der Waals surface area contributed by atoms with Gasteiger partial charge in [0.15, 0.2) is 17.2 Å². The SMILES string of the molecule is CC(C)(C)c1cc(NC(=O)c2nc(Br)c(C(F)(F)F)nc2N)[nH]n1. The van der Waals surface area contributed by atoms with Gasteiger partial charge < -0.3 is 11.1 Å². The normalized spacial score (nSPS) is 12.3. The molecule has 2 aromatic rings. The smallest absolute Gasteiger partial charge is 0.382 e. The number of aromatic nitrogens is 4. The molecule has 0 saturated heterocycles. The molecule has 0 aliphatic heterocycles. The van der Waals surface area contributed by atoms with Crippen molar-refractivity contribution >= 4 is 33.5 Å². The number of hydrogen-bond donors (Lipinski definition) is 3. The summed E-state index contributed by atoms with van der Waals surface area (Å²) >= 11 is 2.65. The van der Waals surface area contributed by atoms with Crippen LogP contribution < -0.4 is 11.1 Å². The van der Waals surface area contributed by atoms with Crippen LogP contribution in [-0.2, 0) is 11.6 Å². The Morgan fingerprint density at radius 1 is 1.29 bits per heavy atom. The molecule has 1 amide bonds. The zero-order valence-electron chi connectivity index (χ0n) is 12.9. The molecule has 2 rings (SSSR count). The lowest BCUT2D eigenvalue weighted by molar-refractivity contribution is -0.142. The number of alkyl halides is 3. The largest absolute Gasteiger partial charge is 0.436 e. The van der Waals surface area contributed by atoms with Gasteiger partial charge in [-0.05, 0) is 15.9 Å². The molecule has 0 saturated carbocycles. The molecule has 0 aliphatic carbocycles. The number of carbonyl (C=O) groups excluding carboxylic acids is 1. The number of anilines is 2. The van der Waals surface area contributed by atoms with Crippen LogP contribution in [-0.4, -0.2) is 26.1 Å². The van der Waals surface area contributed by atoms with Crippen molar-refractivity contribution in [1.82, 2.24) is 20.2 Å². The van der Waals surface area contributed by atoms with Gasteiger partial charge in [-0.3, -0.25) is 9.89 Å². The third-order valence-electron chi connectivity index (χ3n) is 2.96. The molecule has 2 aromatic heterocycles. The Hall–Kier alpha value is -2.17. The number of hydrogen-bond acceptors (Lipinski definition) is 5. The van der Waals surface area contributed by atoms with Crippen molar-refractivity contribution in [1.29, 1.82) is 0 Å². The minimum atomic E-state index is -4.74. The van der Waals surface area contributed by atoms with Gasteiger partial charge in [0, 0.05) is 11.5 Å². The highest BCUT2D eigenvalue weighted by atomic mass is 79.9. The minimum Gasteiger partial charge on any atom is -0.382 e. The molecular weight excluding hydrogens is 393 g/mol. The zero-order chi connectivity index (χ0) is 18.3. The number of nitrogen functional groups attached to an aromatic ring is 1. The topological polar surface area (TPSA) is 110 Å². The fourth-order valence-corrected chi connectivity index (χ4v) is 2.22. The number of nitrogens with two attached hydrogens (primary N) is 1. The maximum absolute atomic E-state index is 12.7. The van der Waals surface area contributed by atoms with Gasteiger partial charge >= 0.3 is 6.18 Å². The predicted molar refractivity (Wildman–Crippen MR) is 84.4 cm³/mol. The first-order chi connectivity index (χ1) is 10.9. The Morgan fingerprint density at radius 2 is 1.92 bits per heavy atom. The second kappa shape index (κ2) is 6.04. The first-order valence-corrected chi connectivity index (χ1v) is 7.46. The molecule has 0 aliphatic rings. The van der Waals surface area contributed by atoms with Crippen LogP contribution in [0.3, 0.4) is 0 Å². The van der Waals surface area contributed by atoms with E-state index in [0.29, 0.717) is 5.69 Å². The van der Waals surface area contributed by atoms with Crippen molar-refractivity contribution in [2.24, 2.45) is 0 Å². The highest BCUT2D eigenvalue weighted by Crippen LogP contribution is 2.33. The van der Waals surface area contributed by atoms with E-state index >= 15 is 0 Å². The van der Waals surface area contributed by atoms with E-state index in [1.165, 1.54) is 0 Å². The molecular formula is C13H14BrF3N6O. The predicted octanol–water partition coefficient (Wildman–Crippen LogP) is 3.11. The molecule has 0 fully saturated rings. The van der Waals surface area contributed by atoms with E-state index in [1.807, 2.05) is 20.8 Å². The summed E-state index contributed by atoms with van der Waals surface area (Å²) in [7, 11) is 0. The Labute approximate surface area is 143 Å². The standard InChI is InChI=1S/C13H14BrF3N6O/c1-12(2,3)5-4-6(23-22-5)19-11(24)7-10(18)21-8(9(14)20-7)13(15,16)17/h4H,1-3H3,(H2,18,21)(H2,19,22,23,24). The first-order valence-electron chi connectivity index (χ1n) is 6.67. The van der Waals surface area contributed by atoms with Crippen LogP contribution in [0.25, 0.3) is 0 Å². The van der Waals surface area contributed by atoms with Crippen molar-refractivity contribution < 1.29 is 18.0 Å². The summed E-state index contributed by atoms with van der Waals surface area (Å²) in [6.45, 7) is 5.81. The molecule has 24 heavy (non-hydrogen) atoms. The van der Waals surface area contributed by atoms with E-state index in [1.54, 1.807) is 6.07 Å². The minimum absolute atomic E-state index is 0.240. The third-order valence-corrected chi connectivity index (χ3v) is 3.51. The van der Waals surface area contributed by atoms with Crippen LogP contribution in [0.2, 0.25) is 0 Å². The highest BCUT2D eigenvalue weighted by molar-refractivity contribution is 9.10. The lowest BCUT2D eigenvalue weighted by Gasteiger charge is -2.13. The van der Waals surface area contributed by atoms with E-state index in [0.717, 1.165) is 0 Å². The summed E-state index contributed by atoms with van der Waals surface area (Å²) in [5.41, 5.74) is 4.17. The molecule has 0 bridgehead atoms. The molecule has 4 N–H and O–H groups in total. The number of halogens is 4. The average molecular weight is 407 g/mol. The van der Waals surface area contributed by atoms with E-state index in [2.05, 4.69) is 41.4 Å². The lowest BCUT2D eigenvalue weighted by Crippen LogP contribution is -2.20. The molecule has 0 spiro atoms. The van der Waals surface area contributed by atoms with Crippen molar-refractivity contribution in [3.63, 3.8) is 0 Å². The number of aromatic amines is 1. The second-order valence-corrected chi connectivity index (χ2v) is 6.72. The molecule has 0 aromatic carbocycles. The number of nitrogens with one attached hydrogen (secondary N) is 2. The molecule has 0 atom stereocenters. The quantitative estimate of drug-likeness (QED) is 0.709. The summed E-state index contributed by atoms with van der Waals surface area (Å²) in [4.78, 5) is 18.9. The van der Waals surface area contributed by atoms with Crippen LogP contribution >= 0.6 is 15.9 Å². The Morgan fingerprint density at radius 3 is 2.42 bits per heavy atom. The molecule has 0 radical (unpaired) electrons. The van der Waals surface area contributed by atoms with Crippen molar-refractivity contribution in [3.8, 4) is 0 Å². The summed E-state index contributed by atoms with van der Waals surface area (Å²) in [6, 6.07) is 1.61. The summed E-state index contributed by atoms with van der Waals surface area (Å²) in [5, 5.41) is 9.11. The number of nitrogens with zero attached hydrogens (tertiary/aromatic N) is 3. The maximum Gasteiger partial charge on any atom is 0.436 e. The molecule has 0 unspecified atom stereocenters. The third kappa shape index (κ3) is 3.83. The Kier molecular flexibility index (Phi) is 4.57. The van der Waals surface area contributed by atoms with Crippen molar-refractivity contribution in [3.05, 3.63) is 27.8 Å². The number of carbonyl (C=O) groups is 1. The number of H-pyrrole nitrogens is 1. The number of amides is 1. The first kappa shape index (κ1) is 18.2. The lowest BCUT2D eigenvalue weighted by atomic mass is 9.92. The van der Waals surface area contributed by atoms with E-state index in [4.69, 9.17) is 5.73 Å². The van der Waals surface area contributed by atoms with Gasteiger partial charge in [0.1, 0.15) is 10.4 Å². The van der Waals surface area contributed by atoms with Crippen LogP contribution in [0.15, 0.2) is 10.7 Å². The van der Waals surface area contributed by atoms with Crippen LogP contribution in [0, 0.1) is 0 Å². The molecule has 2 heterocycles. The second-order valence-electron chi connectivity index (χ2n) is 5.97. The van der Waals surface area contributed by atoms with Gasteiger partial charge in [-0.25, -0.2) is 9.97 Å². The van der Waals surface area contributed by atoms with Gasteiger partial charge in [-0.15, -0.1) is 0 Å². The van der Waals surface area contributed by atoms with Gasteiger partial charge in [0.05, 0.1) is 5.69 Å². The van der Waals surface area contributed by atoms with Gasteiger partial charge in [-0.1, -0.05) is 20.8 Å². The fourth-order valence-electron chi connectivity index (χ4n) is 1.73. The molecule has 7 nitrogen and oxygen atoms in total. The number of rotatable bonds is 2. The molecule has 130 valence electrons. The highest BCUT2D eigenvalue weighted by Gasteiger charge is 2.37. The molecule has 11 heteroatoms. The maximum atomic E-state index is 12.7. The average Bonchev–Trinajstić information content (AvgIpc) is 2.88. The monoisotopic (exact) mass is 406 g/mol.